The summed E-state index contributed by atoms with van der Waals surface area (Å²) in [6, 6.07) is 18.3. The molecule has 1 aliphatic heterocycles. The zero-order valence-corrected chi connectivity index (χ0v) is 26.5. The number of aryl methyl sites for hydroxylation is 1. The number of hydrogen-bond donors (Lipinski definition) is 1. The Morgan fingerprint density at radius 3 is 2.46 bits per heavy atom. The zero-order valence-electron chi connectivity index (χ0n) is 25.7. The summed E-state index contributed by atoms with van der Waals surface area (Å²) in [5.41, 5.74) is 5.18. The Morgan fingerprint density at radius 1 is 1.09 bits per heavy atom. The summed E-state index contributed by atoms with van der Waals surface area (Å²) in [5, 5.41) is 7.72. The molecule has 0 saturated carbocycles. The molecular weight excluding hydrogens is 617 g/mol. The van der Waals surface area contributed by atoms with Gasteiger partial charge in [-0.15, -0.1) is 18.3 Å². The lowest BCUT2D eigenvalue weighted by molar-refractivity contribution is -0.274. The quantitative estimate of drug-likeness (QED) is 0.200. The number of amides is 3. The molecule has 4 aromatic rings. The maximum Gasteiger partial charge on any atom is 0.573 e. The van der Waals surface area contributed by atoms with Crippen LogP contribution in [0, 0.1) is 6.92 Å². The number of hydrogen-bond acceptors (Lipinski definition) is 6. The first kappa shape index (κ1) is 32.7. The van der Waals surface area contributed by atoms with Crippen molar-refractivity contribution in [3.63, 3.8) is 0 Å². The van der Waals surface area contributed by atoms with E-state index in [9.17, 15) is 22.8 Å². The summed E-state index contributed by atoms with van der Waals surface area (Å²) in [5.74, 6) is 0.441. The molecule has 46 heavy (non-hydrogen) atoms. The lowest BCUT2D eigenvalue weighted by atomic mass is 9.95. The summed E-state index contributed by atoms with van der Waals surface area (Å²) in [6.07, 6.45) is -2.52. The number of aromatic nitrogens is 3. The number of anilines is 1. The highest BCUT2D eigenvalue weighted by atomic mass is 32.2. The van der Waals surface area contributed by atoms with Crippen LogP contribution in [-0.4, -0.2) is 50.5 Å². The van der Waals surface area contributed by atoms with Crippen molar-refractivity contribution in [3.05, 3.63) is 89.7 Å². The molecule has 1 aliphatic rings. The van der Waals surface area contributed by atoms with E-state index in [1.807, 2.05) is 56.3 Å². The van der Waals surface area contributed by atoms with Crippen LogP contribution in [0.4, 0.5) is 23.7 Å². The minimum Gasteiger partial charge on any atom is -0.406 e. The van der Waals surface area contributed by atoms with E-state index in [1.54, 1.807) is 4.90 Å². The van der Waals surface area contributed by atoms with Crippen LogP contribution in [-0.2, 0) is 4.79 Å². The number of benzene rings is 3. The lowest BCUT2D eigenvalue weighted by Gasteiger charge is -2.23. The molecule has 240 valence electrons. The molecule has 1 aromatic heterocycles. The first-order valence-electron chi connectivity index (χ1n) is 14.7. The van der Waals surface area contributed by atoms with Gasteiger partial charge in [0.15, 0.2) is 11.0 Å². The number of urea groups is 1. The third kappa shape index (κ3) is 7.58. The van der Waals surface area contributed by atoms with Crippen molar-refractivity contribution in [1.82, 2.24) is 20.1 Å². The maximum absolute atomic E-state index is 12.9. The van der Waals surface area contributed by atoms with E-state index in [4.69, 9.17) is 0 Å². The fourth-order valence-corrected chi connectivity index (χ4v) is 6.21. The first-order valence-corrected chi connectivity index (χ1v) is 15.7. The number of thioether (sulfide) groups is 1. The molecule has 2 heterocycles. The van der Waals surface area contributed by atoms with Gasteiger partial charge in [0.2, 0.25) is 5.91 Å². The number of carbonyl (C=O) groups is 2. The van der Waals surface area contributed by atoms with E-state index in [-0.39, 0.29) is 29.2 Å². The van der Waals surface area contributed by atoms with Crippen molar-refractivity contribution in [1.29, 1.82) is 0 Å². The van der Waals surface area contributed by atoms with Crippen molar-refractivity contribution in [2.24, 2.45) is 4.99 Å². The normalized spacial score (nSPS) is 15.1. The largest absolute Gasteiger partial charge is 0.573 e. The summed E-state index contributed by atoms with van der Waals surface area (Å²) < 4.78 is 42.7. The molecule has 13 heteroatoms. The van der Waals surface area contributed by atoms with Gasteiger partial charge < -0.3 is 10.1 Å². The van der Waals surface area contributed by atoms with Gasteiger partial charge in [0.1, 0.15) is 12.1 Å². The Morgan fingerprint density at radius 2 is 1.80 bits per heavy atom. The van der Waals surface area contributed by atoms with Crippen LogP contribution in [0.2, 0.25) is 0 Å². The maximum atomic E-state index is 12.9. The van der Waals surface area contributed by atoms with Crippen molar-refractivity contribution in [2.45, 2.75) is 52.3 Å². The monoisotopic (exact) mass is 650 g/mol. The fourth-order valence-electron chi connectivity index (χ4n) is 5.35. The average Bonchev–Trinajstić information content (AvgIpc) is 3.64. The summed E-state index contributed by atoms with van der Waals surface area (Å²) in [6.45, 7) is 8.55. The molecule has 0 radical (unpaired) electrons. The number of amidine groups is 1. The van der Waals surface area contributed by atoms with Gasteiger partial charge in [-0.2, -0.15) is 4.99 Å². The fraction of sp³-hybridized carbons (Fsp3) is 0.303. The molecule has 1 saturated heterocycles. The predicted octanol–water partition coefficient (Wildman–Crippen LogP) is 7.60. The van der Waals surface area contributed by atoms with Gasteiger partial charge in [-0.25, -0.2) is 14.5 Å². The van der Waals surface area contributed by atoms with Gasteiger partial charge in [-0.1, -0.05) is 68.9 Å². The second-order valence-electron chi connectivity index (χ2n) is 11.0. The highest BCUT2D eigenvalue weighted by Crippen LogP contribution is 2.35. The second kappa shape index (κ2) is 13.8. The molecule has 0 spiro atoms. The molecule has 5 rings (SSSR count). The third-order valence-corrected chi connectivity index (χ3v) is 8.46. The minimum absolute atomic E-state index is 0.0134. The number of halogens is 3. The van der Waals surface area contributed by atoms with E-state index in [2.05, 4.69) is 39.0 Å². The molecule has 9 nitrogen and oxygen atoms in total. The molecule has 0 bridgehead atoms. The number of rotatable bonds is 9. The Bertz CT molecular complexity index is 1740. The molecular formula is C33H33F3N6O3S. The Labute approximate surface area is 268 Å². The van der Waals surface area contributed by atoms with E-state index >= 15 is 0 Å². The van der Waals surface area contributed by atoms with Gasteiger partial charge in [0.05, 0.1) is 17.1 Å². The van der Waals surface area contributed by atoms with E-state index in [0.717, 1.165) is 34.4 Å². The number of carbonyl (C=O) groups excluding carboxylic acids is 2. The lowest BCUT2D eigenvalue weighted by Crippen LogP contribution is -2.33. The number of ether oxygens (including phenoxy) is 1. The molecule has 1 fully saturated rings. The molecule has 3 amide bonds. The van der Waals surface area contributed by atoms with Crippen LogP contribution < -0.4 is 15.0 Å². The standard InChI is InChI=1S/C33H33F3N6O3S/c1-5-22(17-37-31(44)39-32-42(28(43)18-46-32)27-8-6-7-21(4)29(27)20(2)3)23-9-11-24(12-10-23)30-38-19-41(40-30)25-13-15-26(16-14-25)45-33(34,35)36/h6-16,19-20,22H,5,17-18H2,1-4H3,(H,37,44)/b39-32-. The van der Waals surface area contributed by atoms with Crippen molar-refractivity contribution in [3.8, 4) is 22.8 Å². The highest BCUT2D eigenvalue weighted by Gasteiger charge is 2.33. The third-order valence-electron chi connectivity index (χ3n) is 7.54. The minimum atomic E-state index is -4.76. The Kier molecular flexibility index (Phi) is 9.80. The van der Waals surface area contributed by atoms with Crippen LogP contribution in [0.5, 0.6) is 5.75 Å². The predicted molar refractivity (Wildman–Crippen MR) is 173 cm³/mol. The van der Waals surface area contributed by atoms with Crippen molar-refractivity contribution in [2.75, 3.05) is 17.2 Å². The van der Waals surface area contributed by atoms with Crippen LogP contribution in [0.3, 0.4) is 0 Å². The molecule has 1 N–H and O–H groups in total. The Balaban J connectivity index is 1.23. The van der Waals surface area contributed by atoms with E-state index in [1.165, 1.54) is 47.0 Å². The molecule has 0 aliphatic carbocycles. The molecule has 1 unspecified atom stereocenters. The number of nitrogens with zero attached hydrogens (tertiary/aromatic N) is 5. The average molecular weight is 651 g/mol. The van der Waals surface area contributed by atoms with Gasteiger partial charge in [0.25, 0.3) is 0 Å². The van der Waals surface area contributed by atoms with Crippen molar-refractivity contribution >= 4 is 34.6 Å². The van der Waals surface area contributed by atoms with Crippen LogP contribution in [0.1, 0.15) is 55.7 Å². The number of nitrogens with one attached hydrogen (secondary N) is 1. The smallest absolute Gasteiger partial charge is 0.406 e. The van der Waals surface area contributed by atoms with E-state index < -0.39 is 12.4 Å². The van der Waals surface area contributed by atoms with Gasteiger partial charge in [-0.3, -0.25) is 9.69 Å². The highest BCUT2D eigenvalue weighted by molar-refractivity contribution is 8.15. The zero-order chi connectivity index (χ0) is 33.0. The summed E-state index contributed by atoms with van der Waals surface area (Å²) >= 11 is 1.25. The topological polar surface area (TPSA) is 102 Å². The van der Waals surface area contributed by atoms with Crippen molar-refractivity contribution < 1.29 is 27.5 Å². The van der Waals surface area contributed by atoms with E-state index in [0.29, 0.717) is 23.2 Å². The van der Waals surface area contributed by atoms with Gasteiger partial charge >= 0.3 is 12.4 Å². The molecule has 3 aromatic carbocycles. The van der Waals surface area contributed by atoms with Crippen LogP contribution in [0.15, 0.2) is 78.0 Å². The Hall–Kier alpha value is -4.65. The number of alkyl halides is 3. The van der Waals surface area contributed by atoms with Crippen LogP contribution in [0.25, 0.3) is 17.1 Å². The van der Waals surface area contributed by atoms with Gasteiger partial charge in [-0.05, 0) is 66.3 Å². The second-order valence-corrected chi connectivity index (χ2v) is 12.0. The first-order chi connectivity index (χ1) is 21.9. The van der Waals surface area contributed by atoms with Gasteiger partial charge in [0, 0.05) is 18.0 Å². The number of aliphatic imine (C=N–C) groups is 1. The summed E-state index contributed by atoms with van der Waals surface area (Å²) in [4.78, 5) is 35.9. The van der Waals surface area contributed by atoms with Crippen LogP contribution >= 0.6 is 11.8 Å². The molecule has 1 atom stereocenters. The summed E-state index contributed by atoms with van der Waals surface area (Å²) in [7, 11) is 0. The SMILES string of the molecule is CCC(CNC(=O)/N=C1\SCC(=O)N1c1cccc(C)c1C(C)C)c1ccc(-c2ncn(-c3ccc(OC(F)(F)F)cc3)n2)cc1.